The molecule has 1 aliphatic heterocycles. The van der Waals surface area contributed by atoms with Gasteiger partial charge in [0.2, 0.25) is 5.91 Å². The van der Waals surface area contributed by atoms with Crippen molar-refractivity contribution in [1.29, 1.82) is 0 Å². The van der Waals surface area contributed by atoms with E-state index in [4.69, 9.17) is 0 Å². The molecule has 0 aromatic carbocycles. The van der Waals surface area contributed by atoms with E-state index in [2.05, 4.69) is 24.1 Å². The molecule has 0 radical (unpaired) electrons. The number of rotatable bonds is 5. The van der Waals surface area contributed by atoms with Crippen LogP contribution in [0.4, 0.5) is 0 Å². The highest BCUT2D eigenvalue weighted by Gasteiger charge is 2.29. The van der Waals surface area contributed by atoms with Crippen molar-refractivity contribution >= 4 is 5.91 Å². The molecule has 106 valence electrons. The van der Waals surface area contributed by atoms with Crippen LogP contribution in [-0.4, -0.2) is 47.7 Å². The minimum atomic E-state index is -0.607. The van der Waals surface area contributed by atoms with Gasteiger partial charge in [-0.1, -0.05) is 13.8 Å². The third-order valence-electron chi connectivity index (χ3n) is 4.13. The highest BCUT2D eigenvalue weighted by atomic mass is 16.3. The lowest BCUT2D eigenvalue weighted by atomic mass is 9.90. The standard InChI is InChI=1S/C14H28N2O2/c1-11(2)14(4,18)10-16-7-5-13(6-8-16)9-15-12(3)17/h11,13,18H,5-10H2,1-4H3,(H,15,17). The molecule has 1 amide bonds. The zero-order valence-electron chi connectivity index (χ0n) is 12.2. The van der Waals surface area contributed by atoms with Crippen LogP contribution in [0.5, 0.6) is 0 Å². The van der Waals surface area contributed by atoms with Gasteiger partial charge in [0.25, 0.3) is 0 Å². The van der Waals surface area contributed by atoms with Crippen LogP contribution in [0.15, 0.2) is 0 Å². The van der Waals surface area contributed by atoms with Gasteiger partial charge < -0.3 is 15.3 Å². The molecule has 1 fully saturated rings. The van der Waals surface area contributed by atoms with E-state index >= 15 is 0 Å². The fourth-order valence-electron chi connectivity index (χ4n) is 2.27. The number of hydrogen-bond donors (Lipinski definition) is 2. The van der Waals surface area contributed by atoms with Gasteiger partial charge >= 0.3 is 0 Å². The van der Waals surface area contributed by atoms with Crippen LogP contribution >= 0.6 is 0 Å². The van der Waals surface area contributed by atoms with Crippen LogP contribution in [0.3, 0.4) is 0 Å². The van der Waals surface area contributed by atoms with Crippen molar-refractivity contribution < 1.29 is 9.90 Å². The predicted octanol–water partition coefficient (Wildman–Crippen LogP) is 1.24. The van der Waals surface area contributed by atoms with Crippen LogP contribution in [0.2, 0.25) is 0 Å². The second kappa shape index (κ2) is 6.53. The largest absolute Gasteiger partial charge is 0.389 e. The van der Waals surface area contributed by atoms with E-state index in [0.29, 0.717) is 5.92 Å². The van der Waals surface area contributed by atoms with E-state index in [1.165, 1.54) is 0 Å². The van der Waals surface area contributed by atoms with E-state index in [9.17, 15) is 9.90 Å². The molecule has 0 aromatic heterocycles. The summed E-state index contributed by atoms with van der Waals surface area (Å²) in [7, 11) is 0. The van der Waals surface area contributed by atoms with Gasteiger partial charge in [0.15, 0.2) is 0 Å². The summed E-state index contributed by atoms with van der Waals surface area (Å²) in [5.41, 5.74) is -0.607. The first-order chi connectivity index (χ1) is 8.31. The van der Waals surface area contributed by atoms with Gasteiger partial charge in [-0.3, -0.25) is 4.79 Å². The van der Waals surface area contributed by atoms with Crippen molar-refractivity contribution in [1.82, 2.24) is 10.2 Å². The minimum Gasteiger partial charge on any atom is -0.389 e. The van der Waals surface area contributed by atoms with Gasteiger partial charge in [-0.25, -0.2) is 0 Å². The number of amides is 1. The lowest BCUT2D eigenvalue weighted by Crippen LogP contribution is -2.48. The number of piperidine rings is 1. The molecule has 1 unspecified atom stereocenters. The minimum absolute atomic E-state index is 0.0557. The molecule has 0 spiro atoms. The number of β-amino-alcohol motifs (C(OH)–C–C–N with tert-alkyl or cyclic N) is 1. The third kappa shape index (κ3) is 4.94. The predicted molar refractivity (Wildman–Crippen MR) is 73.3 cm³/mol. The summed E-state index contributed by atoms with van der Waals surface area (Å²) in [4.78, 5) is 13.2. The van der Waals surface area contributed by atoms with Crippen molar-refractivity contribution in [3.05, 3.63) is 0 Å². The molecule has 18 heavy (non-hydrogen) atoms. The highest BCUT2D eigenvalue weighted by molar-refractivity contribution is 5.72. The van der Waals surface area contributed by atoms with Crippen LogP contribution < -0.4 is 5.32 Å². The normalized spacial score (nSPS) is 21.9. The molecule has 4 nitrogen and oxygen atoms in total. The first-order valence-electron chi connectivity index (χ1n) is 7.00. The van der Waals surface area contributed by atoms with Crippen LogP contribution in [0, 0.1) is 11.8 Å². The summed E-state index contributed by atoms with van der Waals surface area (Å²) in [6.07, 6.45) is 2.21. The maximum atomic E-state index is 10.9. The molecule has 1 heterocycles. The fraction of sp³-hybridized carbons (Fsp3) is 0.929. The molecule has 4 heteroatoms. The average molecular weight is 256 g/mol. The van der Waals surface area contributed by atoms with Crippen molar-refractivity contribution in [3.63, 3.8) is 0 Å². The summed E-state index contributed by atoms with van der Waals surface area (Å²) < 4.78 is 0. The van der Waals surface area contributed by atoms with E-state index < -0.39 is 5.60 Å². The Balaban J connectivity index is 2.29. The number of nitrogens with one attached hydrogen (secondary N) is 1. The Morgan fingerprint density at radius 3 is 2.44 bits per heavy atom. The lowest BCUT2D eigenvalue weighted by molar-refractivity contribution is -0.119. The highest BCUT2D eigenvalue weighted by Crippen LogP contribution is 2.22. The monoisotopic (exact) mass is 256 g/mol. The average Bonchev–Trinajstić information content (AvgIpc) is 2.27. The molecule has 0 aromatic rings. The maximum Gasteiger partial charge on any atom is 0.216 e. The Morgan fingerprint density at radius 1 is 1.44 bits per heavy atom. The zero-order valence-corrected chi connectivity index (χ0v) is 12.2. The van der Waals surface area contributed by atoms with Gasteiger partial charge in [0, 0.05) is 20.0 Å². The number of nitrogens with zero attached hydrogens (tertiary/aromatic N) is 1. The van der Waals surface area contributed by atoms with Crippen LogP contribution in [-0.2, 0) is 4.79 Å². The van der Waals surface area contributed by atoms with Crippen molar-refractivity contribution in [2.45, 2.75) is 46.1 Å². The van der Waals surface area contributed by atoms with E-state index in [1.54, 1.807) is 6.92 Å². The second-order valence-corrected chi connectivity index (χ2v) is 6.17. The molecule has 1 atom stereocenters. The smallest absolute Gasteiger partial charge is 0.216 e. The molecule has 1 saturated heterocycles. The van der Waals surface area contributed by atoms with Gasteiger partial charge in [0.05, 0.1) is 5.60 Å². The number of carbonyl (C=O) groups is 1. The number of carbonyl (C=O) groups excluding carboxylic acids is 1. The molecule has 0 saturated carbocycles. The Hall–Kier alpha value is -0.610. The fourth-order valence-corrected chi connectivity index (χ4v) is 2.27. The van der Waals surface area contributed by atoms with E-state index in [1.807, 2.05) is 6.92 Å². The van der Waals surface area contributed by atoms with Crippen molar-refractivity contribution in [3.8, 4) is 0 Å². The quantitative estimate of drug-likeness (QED) is 0.778. The van der Waals surface area contributed by atoms with Gasteiger partial charge in [-0.05, 0) is 44.7 Å². The molecule has 1 aliphatic rings. The molecular weight excluding hydrogens is 228 g/mol. The van der Waals surface area contributed by atoms with E-state index in [-0.39, 0.29) is 11.8 Å². The number of aliphatic hydroxyl groups is 1. The Bertz CT molecular complexity index is 269. The van der Waals surface area contributed by atoms with Gasteiger partial charge in [-0.2, -0.15) is 0 Å². The van der Waals surface area contributed by atoms with Crippen molar-refractivity contribution in [2.24, 2.45) is 11.8 Å². The third-order valence-corrected chi connectivity index (χ3v) is 4.13. The summed E-state index contributed by atoms with van der Waals surface area (Å²) in [5.74, 6) is 0.920. The van der Waals surface area contributed by atoms with Crippen LogP contribution in [0.1, 0.15) is 40.5 Å². The molecule has 0 aliphatic carbocycles. The van der Waals surface area contributed by atoms with Gasteiger partial charge in [-0.15, -0.1) is 0 Å². The lowest BCUT2D eigenvalue weighted by Gasteiger charge is -2.38. The molecule has 1 rings (SSSR count). The topological polar surface area (TPSA) is 52.6 Å². The number of hydrogen-bond acceptors (Lipinski definition) is 3. The molecule has 0 bridgehead atoms. The van der Waals surface area contributed by atoms with Crippen LogP contribution in [0.25, 0.3) is 0 Å². The summed E-state index contributed by atoms with van der Waals surface area (Å²) in [5, 5.41) is 13.2. The SMILES string of the molecule is CC(=O)NCC1CCN(CC(C)(O)C(C)C)CC1. The molecule has 2 N–H and O–H groups in total. The number of likely N-dealkylation sites (tertiary alicyclic amines) is 1. The Kier molecular flexibility index (Phi) is 5.60. The van der Waals surface area contributed by atoms with Gasteiger partial charge in [0.1, 0.15) is 0 Å². The van der Waals surface area contributed by atoms with Crippen molar-refractivity contribution in [2.75, 3.05) is 26.2 Å². The second-order valence-electron chi connectivity index (χ2n) is 6.17. The molecular formula is C14H28N2O2. The summed E-state index contributed by atoms with van der Waals surface area (Å²) in [6.45, 7) is 11.2. The van der Waals surface area contributed by atoms with E-state index in [0.717, 1.165) is 39.0 Å². The first-order valence-corrected chi connectivity index (χ1v) is 7.00. The first kappa shape index (κ1) is 15.4. The summed E-state index contributed by atoms with van der Waals surface area (Å²) >= 11 is 0. The zero-order chi connectivity index (χ0) is 13.8. The maximum absolute atomic E-state index is 10.9. The Labute approximate surface area is 111 Å². The summed E-state index contributed by atoms with van der Waals surface area (Å²) in [6, 6.07) is 0. The Morgan fingerprint density at radius 2 is 2.00 bits per heavy atom.